The first-order chi connectivity index (χ1) is 9.41. The quantitative estimate of drug-likeness (QED) is 0.897. The van der Waals surface area contributed by atoms with Crippen molar-refractivity contribution < 1.29 is 14.0 Å². The van der Waals surface area contributed by atoms with Crippen LogP contribution < -0.4 is 5.73 Å². The van der Waals surface area contributed by atoms with Crippen LogP contribution in [0.25, 0.3) is 0 Å². The van der Waals surface area contributed by atoms with Gasteiger partial charge in [-0.1, -0.05) is 12.1 Å². The molecule has 2 rings (SSSR count). The Morgan fingerprint density at radius 2 is 2.05 bits per heavy atom. The molecule has 1 aromatic rings. The number of nitrogens with zero attached hydrogens (tertiary/aromatic N) is 1. The van der Waals surface area contributed by atoms with E-state index < -0.39 is 11.7 Å². The van der Waals surface area contributed by atoms with E-state index in [9.17, 15) is 14.0 Å². The lowest BCUT2D eigenvalue weighted by molar-refractivity contribution is -0.123. The van der Waals surface area contributed by atoms with Crippen molar-refractivity contribution in [3.8, 4) is 0 Å². The lowest BCUT2D eigenvalue weighted by Gasteiger charge is -2.37. The molecule has 0 aromatic heterocycles. The molecule has 2 amide bonds. The minimum atomic E-state index is -0.495. The van der Waals surface area contributed by atoms with Crippen molar-refractivity contribution in [2.75, 3.05) is 6.54 Å². The van der Waals surface area contributed by atoms with Gasteiger partial charge in [-0.3, -0.25) is 9.59 Å². The van der Waals surface area contributed by atoms with Crippen LogP contribution in [0.4, 0.5) is 4.39 Å². The molecule has 0 spiro atoms. The van der Waals surface area contributed by atoms with E-state index in [1.165, 1.54) is 6.07 Å². The zero-order valence-corrected chi connectivity index (χ0v) is 11.7. The fourth-order valence-electron chi connectivity index (χ4n) is 2.59. The molecule has 1 aromatic carbocycles. The van der Waals surface area contributed by atoms with Gasteiger partial charge in [-0.15, -0.1) is 0 Å². The summed E-state index contributed by atoms with van der Waals surface area (Å²) in [6.07, 6.45) is 1.38. The van der Waals surface area contributed by atoms with Crippen LogP contribution in [0.1, 0.15) is 35.7 Å². The molecule has 1 heterocycles. The van der Waals surface area contributed by atoms with Crippen molar-refractivity contribution in [2.45, 2.75) is 32.7 Å². The van der Waals surface area contributed by atoms with Crippen LogP contribution in [-0.2, 0) is 4.79 Å². The number of benzene rings is 1. The minimum Gasteiger partial charge on any atom is -0.369 e. The Bertz CT molecular complexity index is 545. The molecular weight excluding hydrogens is 259 g/mol. The standard InChI is InChI=1S/C15H19FN2O2/c1-9-4-3-5-12(13(9)16)15(20)18-8-11(14(17)19)7-6-10(18)2/h3-5,10-11H,6-8H2,1-2H3,(H2,17,19). The van der Waals surface area contributed by atoms with Gasteiger partial charge in [-0.05, 0) is 38.3 Å². The van der Waals surface area contributed by atoms with Crippen molar-refractivity contribution in [3.63, 3.8) is 0 Å². The van der Waals surface area contributed by atoms with Crippen LogP contribution in [-0.4, -0.2) is 29.3 Å². The molecule has 2 atom stereocenters. The van der Waals surface area contributed by atoms with E-state index in [4.69, 9.17) is 5.73 Å². The number of rotatable bonds is 2. The zero-order chi connectivity index (χ0) is 14.9. The number of halogens is 1. The second-order valence-corrected chi connectivity index (χ2v) is 5.42. The van der Waals surface area contributed by atoms with Crippen LogP contribution >= 0.6 is 0 Å². The molecule has 1 fully saturated rings. The number of nitrogens with two attached hydrogens (primary N) is 1. The predicted octanol–water partition coefficient (Wildman–Crippen LogP) is 1.86. The summed E-state index contributed by atoms with van der Waals surface area (Å²) in [6.45, 7) is 3.80. The van der Waals surface area contributed by atoms with Gasteiger partial charge in [0.1, 0.15) is 5.82 Å². The van der Waals surface area contributed by atoms with E-state index >= 15 is 0 Å². The molecule has 0 bridgehead atoms. The molecule has 1 aliphatic rings. The first kappa shape index (κ1) is 14.5. The van der Waals surface area contributed by atoms with Gasteiger partial charge in [0, 0.05) is 12.6 Å². The third-order valence-electron chi connectivity index (χ3n) is 3.97. The smallest absolute Gasteiger partial charge is 0.257 e. The second kappa shape index (κ2) is 5.61. The number of carbonyl (C=O) groups excluding carboxylic acids is 2. The molecule has 2 unspecified atom stereocenters. The molecule has 2 N–H and O–H groups in total. The Balaban J connectivity index is 2.26. The maximum atomic E-state index is 14.1. The number of primary amides is 1. The number of carbonyl (C=O) groups is 2. The summed E-state index contributed by atoms with van der Waals surface area (Å²) in [7, 11) is 0. The molecule has 5 heteroatoms. The molecule has 4 nitrogen and oxygen atoms in total. The molecule has 0 radical (unpaired) electrons. The van der Waals surface area contributed by atoms with Crippen molar-refractivity contribution in [3.05, 3.63) is 35.1 Å². The largest absolute Gasteiger partial charge is 0.369 e. The molecule has 108 valence electrons. The summed E-state index contributed by atoms with van der Waals surface area (Å²) in [5.41, 5.74) is 5.81. The summed E-state index contributed by atoms with van der Waals surface area (Å²) in [4.78, 5) is 25.3. The fourth-order valence-corrected chi connectivity index (χ4v) is 2.59. The van der Waals surface area contributed by atoms with Crippen LogP contribution in [0.3, 0.4) is 0 Å². The highest BCUT2D eigenvalue weighted by molar-refractivity contribution is 5.95. The molecule has 1 aliphatic heterocycles. The van der Waals surface area contributed by atoms with Crippen molar-refractivity contribution in [1.29, 1.82) is 0 Å². The number of amides is 2. The summed E-state index contributed by atoms with van der Waals surface area (Å²) >= 11 is 0. The third-order valence-corrected chi connectivity index (χ3v) is 3.97. The summed E-state index contributed by atoms with van der Waals surface area (Å²) in [6, 6.07) is 4.74. The highest BCUT2D eigenvalue weighted by Gasteiger charge is 2.33. The highest BCUT2D eigenvalue weighted by atomic mass is 19.1. The SMILES string of the molecule is Cc1cccc(C(=O)N2CC(C(N)=O)CCC2C)c1F. The predicted molar refractivity (Wildman–Crippen MR) is 73.6 cm³/mol. The highest BCUT2D eigenvalue weighted by Crippen LogP contribution is 2.24. The Kier molecular flexibility index (Phi) is 4.06. The van der Waals surface area contributed by atoms with Crippen molar-refractivity contribution in [2.24, 2.45) is 11.7 Å². The maximum Gasteiger partial charge on any atom is 0.257 e. The normalized spacial score (nSPS) is 22.6. The fraction of sp³-hybridized carbons (Fsp3) is 0.467. The lowest BCUT2D eigenvalue weighted by Crippen LogP contribution is -2.48. The molecular formula is C15H19FN2O2. The average molecular weight is 278 g/mol. The second-order valence-electron chi connectivity index (χ2n) is 5.42. The van der Waals surface area contributed by atoms with Crippen LogP contribution in [0.2, 0.25) is 0 Å². The van der Waals surface area contributed by atoms with Gasteiger partial charge < -0.3 is 10.6 Å². The Morgan fingerprint density at radius 3 is 2.70 bits per heavy atom. The topological polar surface area (TPSA) is 63.4 Å². The first-order valence-corrected chi connectivity index (χ1v) is 6.77. The molecule has 0 aliphatic carbocycles. The van der Waals surface area contributed by atoms with Crippen LogP contribution in [0, 0.1) is 18.7 Å². The number of hydrogen-bond donors (Lipinski definition) is 1. The monoisotopic (exact) mass is 278 g/mol. The van der Waals surface area contributed by atoms with E-state index in [2.05, 4.69) is 0 Å². The van der Waals surface area contributed by atoms with Gasteiger partial charge in [0.15, 0.2) is 0 Å². The van der Waals surface area contributed by atoms with Gasteiger partial charge in [0.25, 0.3) is 5.91 Å². The minimum absolute atomic E-state index is 0.0157. The summed E-state index contributed by atoms with van der Waals surface area (Å²) < 4.78 is 14.1. The Labute approximate surface area is 117 Å². The first-order valence-electron chi connectivity index (χ1n) is 6.77. The van der Waals surface area contributed by atoms with Gasteiger partial charge >= 0.3 is 0 Å². The Morgan fingerprint density at radius 1 is 1.35 bits per heavy atom. The number of likely N-dealkylation sites (tertiary alicyclic amines) is 1. The van der Waals surface area contributed by atoms with Gasteiger partial charge in [0.05, 0.1) is 11.5 Å². The van der Waals surface area contributed by atoms with E-state index in [0.717, 1.165) is 0 Å². The van der Waals surface area contributed by atoms with Gasteiger partial charge in [-0.2, -0.15) is 0 Å². The molecule has 20 heavy (non-hydrogen) atoms. The molecule has 0 saturated carbocycles. The lowest BCUT2D eigenvalue weighted by atomic mass is 9.92. The van der Waals surface area contributed by atoms with Crippen LogP contribution in [0.15, 0.2) is 18.2 Å². The summed E-state index contributed by atoms with van der Waals surface area (Å²) in [5.74, 6) is -1.61. The maximum absolute atomic E-state index is 14.1. The van der Waals surface area contributed by atoms with E-state index in [1.807, 2.05) is 6.92 Å². The number of hydrogen-bond acceptors (Lipinski definition) is 2. The van der Waals surface area contributed by atoms with Crippen LogP contribution in [0.5, 0.6) is 0 Å². The van der Waals surface area contributed by atoms with Gasteiger partial charge in [-0.25, -0.2) is 4.39 Å². The van der Waals surface area contributed by atoms with E-state index in [0.29, 0.717) is 18.4 Å². The average Bonchev–Trinajstić information content (AvgIpc) is 2.41. The number of piperidine rings is 1. The van der Waals surface area contributed by atoms with E-state index in [1.54, 1.807) is 24.0 Å². The number of aryl methyl sites for hydroxylation is 1. The third kappa shape index (κ3) is 2.66. The Hall–Kier alpha value is -1.91. The summed E-state index contributed by atoms with van der Waals surface area (Å²) in [5, 5.41) is 0. The molecule has 1 saturated heterocycles. The zero-order valence-electron chi connectivity index (χ0n) is 11.7. The van der Waals surface area contributed by atoms with E-state index in [-0.39, 0.29) is 30.0 Å². The van der Waals surface area contributed by atoms with Gasteiger partial charge in [0.2, 0.25) is 5.91 Å². The van der Waals surface area contributed by atoms with Crippen molar-refractivity contribution >= 4 is 11.8 Å². The van der Waals surface area contributed by atoms with Crippen molar-refractivity contribution in [1.82, 2.24) is 4.90 Å².